The largest absolute Gasteiger partial charge is 0.387 e. The fraction of sp³-hybridized carbons (Fsp3) is 0.917. The molecule has 2 saturated heterocycles. The summed E-state index contributed by atoms with van der Waals surface area (Å²) in [4.78, 5) is 13.9. The molecule has 1 amide bonds. The minimum atomic E-state index is -0.757. The number of aliphatic hydroxyl groups is 1. The second kappa shape index (κ2) is 4.92. The van der Waals surface area contributed by atoms with E-state index >= 15 is 0 Å². The van der Waals surface area contributed by atoms with Crippen LogP contribution in [0.1, 0.15) is 19.8 Å². The predicted octanol–water partition coefficient (Wildman–Crippen LogP) is -0.406. The SMILES string of the molecule is CC1OCCC1C(=O)N(C)CC1(O)CCNC1. The van der Waals surface area contributed by atoms with Crippen LogP contribution in [0.3, 0.4) is 0 Å². The number of rotatable bonds is 3. The fourth-order valence-corrected chi connectivity index (χ4v) is 2.72. The first-order valence-electron chi connectivity index (χ1n) is 6.31. The molecule has 2 aliphatic rings. The van der Waals surface area contributed by atoms with Crippen molar-refractivity contribution >= 4 is 5.91 Å². The predicted molar refractivity (Wildman–Crippen MR) is 63.6 cm³/mol. The Morgan fingerprint density at radius 2 is 2.41 bits per heavy atom. The van der Waals surface area contributed by atoms with Gasteiger partial charge in [-0.2, -0.15) is 0 Å². The molecule has 0 aliphatic carbocycles. The molecule has 2 aliphatic heterocycles. The molecule has 0 saturated carbocycles. The average molecular weight is 242 g/mol. The summed E-state index contributed by atoms with van der Waals surface area (Å²) in [6.07, 6.45) is 1.50. The molecular formula is C12H22N2O3. The zero-order valence-electron chi connectivity index (χ0n) is 10.6. The smallest absolute Gasteiger partial charge is 0.228 e. The summed E-state index contributed by atoms with van der Waals surface area (Å²) in [6, 6.07) is 0. The molecule has 5 heteroatoms. The summed E-state index contributed by atoms with van der Waals surface area (Å²) in [5.74, 6) is 0.0493. The maximum absolute atomic E-state index is 12.2. The lowest BCUT2D eigenvalue weighted by molar-refractivity contribution is -0.138. The van der Waals surface area contributed by atoms with E-state index in [-0.39, 0.29) is 17.9 Å². The maximum Gasteiger partial charge on any atom is 0.228 e. The Morgan fingerprint density at radius 3 is 2.94 bits per heavy atom. The highest BCUT2D eigenvalue weighted by molar-refractivity contribution is 5.79. The summed E-state index contributed by atoms with van der Waals surface area (Å²) in [7, 11) is 1.77. The lowest BCUT2D eigenvalue weighted by Gasteiger charge is -2.30. The second-order valence-corrected chi connectivity index (χ2v) is 5.32. The van der Waals surface area contributed by atoms with Crippen LogP contribution < -0.4 is 5.32 Å². The van der Waals surface area contributed by atoms with Gasteiger partial charge in [0.15, 0.2) is 0 Å². The van der Waals surface area contributed by atoms with Gasteiger partial charge >= 0.3 is 0 Å². The molecule has 2 heterocycles. The quantitative estimate of drug-likeness (QED) is 0.706. The van der Waals surface area contributed by atoms with Gasteiger partial charge in [-0.15, -0.1) is 0 Å². The molecule has 17 heavy (non-hydrogen) atoms. The molecular weight excluding hydrogens is 220 g/mol. The Labute approximate surface area is 102 Å². The average Bonchev–Trinajstić information content (AvgIpc) is 2.86. The molecule has 0 aromatic heterocycles. The van der Waals surface area contributed by atoms with Crippen molar-refractivity contribution in [2.45, 2.75) is 31.5 Å². The van der Waals surface area contributed by atoms with Crippen molar-refractivity contribution in [3.05, 3.63) is 0 Å². The Hall–Kier alpha value is -0.650. The summed E-state index contributed by atoms with van der Waals surface area (Å²) < 4.78 is 5.41. The van der Waals surface area contributed by atoms with Crippen LogP contribution in [0, 0.1) is 5.92 Å². The van der Waals surface area contributed by atoms with Crippen LogP contribution in [0.2, 0.25) is 0 Å². The molecule has 5 nitrogen and oxygen atoms in total. The number of carbonyl (C=O) groups excluding carboxylic acids is 1. The van der Waals surface area contributed by atoms with Gasteiger partial charge in [0.25, 0.3) is 0 Å². The molecule has 2 rings (SSSR count). The Balaban J connectivity index is 1.90. The number of likely N-dealkylation sites (N-methyl/N-ethyl adjacent to an activating group) is 1. The summed E-state index contributed by atoms with van der Waals surface area (Å²) in [5.41, 5.74) is -0.757. The Morgan fingerprint density at radius 1 is 1.65 bits per heavy atom. The van der Waals surface area contributed by atoms with Crippen LogP contribution in [0.4, 0.5) is 0 Å². The standard InChI is InChI=1S/C12H22N2O3/c1-9-10(3-6-17-9)11(15)14(2)8-12(16)4-5-13-7-12/h9-10,13,16H,3-8H2,1-2H3. The summed E-state index contributed by atoms with van der Waals surface area (Å²) in [5, 5.41) is 13.4. The highest BCUT2D eigenvalue weighted by Crippen LogP contribution is 2.24. The molecule has 3 unspecified atom stereocenters. The van der Waals surface area contributed by atoms with Crippen molar-refractivity contribution < 1.29 is 14.6 Å². The van der Waals surface area contributed by atoms with Crippen LogP contribution in [-0.4, -0.2) is 60.9 Å². The molecule has 0 aromatic rings. The van der Waals surface area contributed by atoms with E-state index in [4.69, 9.17) is 4.74 Å². The minimum absolute atomic E-state index is 0.00120. The van der Waals surface area contributed by atoms with Gasteiger partial charge in [-0.05, 0) is 26.3 Å². The van der Waals surface area contributed by atoms with E-state index < -0.39 is 5.60 Å². The summed E-state index contributed by atoms with van der Waals surface area (Å²) in [6.45, 7) is 4.40. The lowest BCUT2D eigenvalue weighted by atomic mass is 9.98. The lowest BCUT2D eigenvalue weighted by Crippen LogP contribution is -2.47. The van der Waals surface area contributed by atoms with Gasteiger partial charge in [0, 0.05) is 20.2 Å². The van der Waals surface area contributed by atoms with Crippen molar-refractivity contribution in [1.29, 1.82) is 0 Å². The zero-order chi connectivity index (χ0) is 12.5. The third kappa shape index (κ3) is 2.78. The van der Waals surface area contributed by atoms with E-state index in [1.54, 1.807) is 11.9 Å². The highest BCUT2D eigenvalue weighted by Gasteiger charge is 2.37. The molecule has 3 atom stereocenters. The van der Waals surface area contributed by atoms with E-state index in [1.807, 2.05) is 6.92 Å². The third-order valence-corrected chi connectivity index (χ3v) is 3.82. The highest BCUT2D eigenvalue weighted by atomic mass is 16.5. The fourth-order valence-electron chi connectivity index (χ4n) is 2.72. The molecule has 0 aromatic carbocycles. The van der Waals surface area contributed by atoms with Crippen molar-refractivity contribution in [2.24, 2.45) is 5.92 Å². The summed E-state index contributed by atoms with van der Waals surface area (Å²) >= 11 is 0. The van der Waals surface area contributed by atoms with Crippen molar-refractivity contribution in [3.63, 3.8) is 0 Å². The van der Waals surface area contributed by atoms with Crippen molar-refractivity contribution in [3.8, 4) is 0 Å². The van der Waals surface area contributed by atoms with Crippen LogP contribution in [0.25, 0.3) is 0 Å². The van der Waals surface area contributed by atoms with Crippen LogP contribution in [0.5, 0.6) is 0 Å². The first-order valence-corrected chi connectivity index (χ1v) is 6.31. The monoisotopic (exact) mass is 242 g/mol. The number of nitrogens with zero attached hydrogens (tertiary/aromatic N) is 1. The van der Waals surface area contributed by atoms with Crippen LogP contribution in [-0.2, 0) is 9.53 Å². The van der Waals surface area contributed by atoms with Gasteiger partial charge in [-0.1, -0.05) is 0 Å². The Bertz CT molecular complexity index is 289. The molecule has 2 N–H and O–H groups in total. The van der Waals surface area contributed by atoms with E-state index in [2.05, 4.69) is 5.32 Å². The van der Waals surface area contributed by atoms with Gasteiger partial charge in [0.2, 0.25) is 5.91 Å². The molecule has 2 fully saturated rings. The maximum atomic E-state index is 12.2. The van der Waals surface area contributed by atoms with Gasteiger partial charge < -0.3 is 20.1 Å². The van der Waals surface area contributed by atoms with Gasteiger partial charge in [-0.3, -0.25) is 4.79 Å². The Kier molecular flexibility index (Phi) is 3.70. The molecule has 0 bridgehead atoms. The van der Waals surface area contributed by atoms with E-state index in [0.29, 0.717) is 26.1 Å². The van der Waals surface area contributed by atoms with Crippen LogP contribution in [0.15, 0.2) is 0 Å². The zero-order valence-corrected chi connectivity index (χ0v) is 10.6. The number of carbonyl (C=O) groups is 1. The minimum Gasteiger partial charge on any atom is -0.387 e. The normalized spacial score (nSPS) is 37.4. The number of hydrogen-bond acceptors (Lipinski definition) is 4. The van der Waals surface area contributed by atoms with E-state index in [9.17, 15) is 9.90 Å². The van der Waals surface area contributed by atoms with Gasteiger partial charge in [0.05, 0.1) is 24.2 Å². The number of nitrogens with one attached hydrogen (secondary N) is 1. The first kappa shape index (κ1) is 12.8. The third-order valence-electron chi connectivity index (χ3n) is 3.82. The van der Waals surface area contributed by atoms with E-state index in [1.165, 1.54) is 0 Å². The van der Waals surface area contributed by atoms with Crippen molar-refractivity contribution in [2.75, 3.05) is 33.3 Å². The van der Waals surface area contributed by atoms with Gasteiger partial charge in [-0.25, -0.2) is 0 Å². The number of β-amino-alcohol motifs (C(OH)–C–C–N with tert-alkyl or cyclic N) is 1. The first-order chi connectivity index (χ1) is 8.02. The number of amides is 1. The second-order valence-electron chi connectivity index (χ2n) is 5.32. The molecule has 98 valence electrons. The van der Waals surface area contributed by atoms with Gasteiger partial charge in [0.1, 0.15) is 0 Å². The molecule has 0 radical (unpaired) electrons. The topological polar surface area (TPSA) is 61.8 Å². The van der Waals surface area contributed by atoms with Crippen LogP contribution >= 0.6 is 0 Å². The van der Waals surface area contributed by atoms with E-state index in [0.717, 1.165) is 13.0 Å². The molecule has 0 spiro atoms. The number of ether oxygens (including phenoxy) is 1. The van der Waals surface area contributed by atoms with Crippen molar-refractivity contribution in [1.82, 2.24) is 10.2 Å². The number of hydrogen-bond donors (Lipinski definition) is 2.